The van der Waals surface area contributed by atoms with Crippen LogP contribution in [-0.4, -0.2) is 0 Å². The van der Waals surface area contributed by atoms with Gasteiger partial charge in [-0.25, -0.2) is 0 Å². The molecule has 2 aromatic rings. The SMILES string of the molecule is CCC(Oc1[c]cccc1)c1ccccc1. The van der Waals surface area contributed by atoms with Crippen LogP contribution in [0.1, 0.15) is 25.0 Å². The maximum absolute atomic E-state index is 5.89. The lowest BCUT2D eigenvalue weighted by Crippen LogP contribution is -2.06. The molecule has 1 radical (unpaired) electrons. The van der Waals surface area contributed by atoms with Gasteiger partial charge in [-0.15, -0.1) is 0 Å². The molecule has 0 saturated carbocycles. The van der Waals surface area contributed by atoms with E-state index in [1.807, 2.05) is 42.5 Å². The van der Waals surface area contributed by atoms with E-state index in [1.165, 1.54) is 5.56 Å². The van der Waals surface area contributed by atoms with Crippen molar-refractivity contribution in [3.8, 4) is 5.75 Å². The van der Waals surface area contributed by atoms with Crippen molar-refractivity contribution < 1.29 is 4.74 Å². The predicted octanol–water partition coefficient (Wildman–Crippen LogP) is 4.02. The summed E-state index contributed by atoms with van der Waals surface area (Å²) in [6.45, 7) is 2.13. The Bertz CT molecular complexity index is 408. The third-order valence-corrected chi connectivity index (χ3v) is 2.49. The number of hydrogen-bond donors (Lipinski definition) is 0. The van der Waals surface area contributed by atoms with Gasteiger partial charge < -0.3 is 4.74 Å². The molecule has 0 bridgehead atoms. The molecular formula is C15H15O. The van der Waals surface area contributed by atoms with Gasteiger partial charge in [0.25, 0.3) is 0 Å². The normalized spacial score (nSPS) is 12.1. The topological polar surface area (TPSA) is 9.23 Å². The second-order valence-corrected chi connectivity index (χ2v) is 3.65. The van der Waals surface area contributed by atoms with Crippen LogP contribution in [-0.2, 0) is 0 Å². The summed E-state index contributed by atoms with van der Waals surface area (Å²) < 4.78 is 5.89. The lowest BCUT2D eigenvalue weighted by atomic mass is 10.1. The minimum absolute atomic E-state index is 0.111. The molecule has 16 heavy (non-hydrogen) atoms. The van der Waals surface area contributed by atoms with Gasteiger partial charge in [0.1, 0.15) is 11.9 Å². The van der Waals surface area contributed by atoms with Crippen LogP contribution in [0, 0.1) is 6.07 Å². The van der Waals surface area contributed by atoms with Gasteiger partial charge in [0.2, 0.25) is 0 Å². The molecule has 0 aliphatic rings. The molecule has 81 valence electrons. The van der Waals surface area contributed by atoms with Crippen LogP contribution < -0.4 is 4.74 Å². The van der Waals surface area contributed by atoms with Crippen LogP contribution in [0.5, 0.6) is 5.75 Å². The van der Waals surface area contributed by atoms with E-state index in [1.54, 1.807) is 0 Å². The van der Waals surface area contributed by atoms with Gasteiger partial charge in [-0.05, 0) is 18.1 Å². The number of ether oxygens (including phenoxy) is 1. The molecule has 0 spiro atoms. The molecule has 2 rings (SSSR count). The Morgan fingerprint density at radius 2 is 1.81 bits per heavy atom. The van der Waals surface area contributed by atoms with Crippen molar-refractivity contribution in [2.45, 2.75) is 19.4 Å². The molecule has 0 amide bonds. The Balaban J connectivity index is 2.13. The van der Waals surface area contributed by atoms with Gasteiger partial charge >= 0.3 is 0 Å². The van der Waals surface area contributed by atoms with Crippen LogP contribution in [0.4, 0.5) is 0 Å². The average molecular weight is 211 g/mol. The van der Waals surface area contributed by atoms with E-state index >= 15 is 0 Å². The molecule has 0 saturated heterocycles. The van der Waals surface area contributed by atoms with E-state index in [-0.39, 0.29) is 6.10 Å². The van der Waals surface area contributed by atoms with Crippen LogP contribution in [0.2, 0.25) is 0 Å². The fourth-order valence-corrected chi connectivity index (χ4v) is 1.66. The zero-order valence-electron chi connectivity index (χ0n) is 9.39. The summed E-state index contributed by atoms with van der Waals surface area (Å²) in [7, 11) is 0. The first-order valence-electron chi connectivity index (χ1n) is 5.58. The Morgan fingerprint density at radius 1 is 1.06 bits per heavy atom. The fourth-order valence-electron chi connectivity index (χ4n) is 1.66. The summed E-state index contributed by atoms with van der Waals surface area (Å²) in [6.07, 6.45) is 1.06. The van der Waals surface area contributed by atoms with Crippen molar-refractivity contribution in [2.75, 3.05) is 0 Å². The Hall–Kier alpha value is -1.76. The molecular weight excluding hydrogens is 196 g/mol. The highest BCUT2D eigenvalue weighted by atomic mass is 16.5. The lowest BCUT2D eigenvalue weighted by Gasteiger charge is -2.17. The van der Waals surface area contributed by atoms with Crippen molar-refractivity contribution >= 4 is 0 Å². The summed E-state index contributed by atoms with van der Waals surface area (Å²) in [6, 6.07) is 21.1. The third kappa shape index (κ3) is 2.63. The van der Waals surface area contributed by atoms with Gasteiger partial charge in [-0.2, -0.15) is 0 Å². The number of benzene rings is 2. The molecule has 1 heteroatoms. The second kappa shape index (κ2) is 5.36. The molecule has 0 fully saturated rings. The standard InChI is InChI=1S/C15H15O/c1-2-15(13-9-5-3-6-10-13)16-14-11-7-4-8-12-14/h3-11,15H,2H2,1H3. The minimum Gasteiger partial charge on any atom is -0.485 e. The molecule has 0 aliphatic carbocycles. The van der Waals surface area contributed by atoms with Crippen molar-refractivity contribution in [1.82, 2.24) is 0 Å². The molecule has 2 aromatic carbocycles. The van der Waals surface area contributed by atoms with Crippen molar-refractivity contribution in [3.05, 3.63) is 66.2 Å². The van der Waals surface area contributed by atoms with Crippen LogP contribution in [0.15, 0.2) is 54.6 Å². The van der Waals surface area contributed by atoms with Crippen LogP contribution >= 0.6 is 0 Å². The van der Waals surface area contributed by atoms with E-state index in [4.69, 9.17) is 4.74 Å². The molecule has 0 heterocycles. The minimum atomic E-state index is 0.111. The van der Waals surface area contributed by atoms with Gasteiger partial charge in [0.05, 0.1) is 0 Å². The van der Waals surface area contributed by atoms with E-state index in [9.17, 15) is 0 Å². The molecule has 1 unspecified atom stereocenters. The summed E-state index contributed by atoms with van der Waals surface area (Å²) in [5, 5.41) is 0. The van der Waals surface area contributed by atoms with Gasteiger partial charge in [-0.1, -0.05) is 55.5 Å². The zero-order chi connectivity index (χ0) is 11.2. The zero-order valence-corrected chi connectivity index (χ0v) is 9.39. The van der Waals surface area contributed by atoms with Gasteiger partial charge in [0.15, 0.2) is 0 Å². The van der Waals surface area contributed by atoms with E-state index in [0.717, 1.165) is 12.2 Å². The monoisotopic (exact) mass is 211 g/mol. The first-order chi connectivity index (χ1) is 7.90. The van der Waals surface area contributed by atoms with Crippen LogP contribution in [0.3, 0.4) is 0 Å². The van der Waals surface area contributed by atoms with Crippen LogP contribution in [0.25, 0.3) is 0 Å². The summed E-state index contributed by atoms with van der Waals surface area (Å²) >= 11 is 0. The highest BCUT2D eigenvalue weighted by molar-refractivity contribution is 5.23. The molecule has 1 atom stereocenters. The van der Waals surface area contributed by atoms with Crippen molar-refractivity contribution in [3.63, 3.8) is 0 Å². The average Bonchev–Trinajstić information content (AvgIpc) is 2.38. The Labute approximate surface area is 96.7 Å². The highest BCUT2D eigenvalue weighted by Gasteiger charge is 2.09. The van der Waals surface area contributed by atoms with E-state index in [0.29, 0.717) is 0 Å². The van der Waals surface area contributed by atoms with E-state index in [2.05, 4.69) is 25.1 Å². The first-order valence-corrected chi connectivity index (χ1v) is 5.58. The fraction of sp³-hybridized carbons (Fsp3) is 0.200. The third-order valence-electron chi connectivity index (χ3n) is 2.49. The summed E-state index contributed by atoms with van der Waals surface area (Å²) in [4.78, 5) is 0. The Kier molecular flexibility index (Phi) is 3.60. The second-order valence-electron chi connectivity index (χ2n) is 3.65. The van der Waals surface area contributed by atoms with Crippen molar-refractivity contribution in [1.29, 1.82) is 0 Å². The van der Waals surface area contributed by atoms with Gasteiger partial charge in [0, 0.05) is 6.07 Å². The number of hydrogen-bond acceptors (Lipinski definition) is 1. The molecule has 1 nitrogen and oxygen atoms in total. The van der Waals surface area contributed by atoms with Gasteiger partial charge in [-0.3, -0.25) is 0 Å². The quantitative estimate of drug-likeness (QED) is 0.742. The summed E-state index contributed by atoms with van der Waals surface area (Å²) in [5.74, 6) is 0.804. The predicted molar refractivity (Wildman–Crippen MR) is 65.4 cm³/mol. The molecule has 0 aromatic heterocycles. The lowest BCUT2D eigenvalue weighted by molar-refractivity contribution is 0.201. The maximum Gasteiger partial charge on any atom is 0.128 e. The van der Waals surface area contributed by atoms with E-state index < -0.39 is 0 Å². The summed E-state index contributed by atoms with van der Waals surface area (Å²) in [5.41, 5.74) is 1.21. The number of rotatable bonds is 4. The first kappa shape index (κ1) is 10.7. The smallest absolute Gasteiger partial charge is 0.128 e. The highest BCUT2D eigenvalue weighted by Crippen LogP contribution is 2.23. The van der Waals surface area contributed by atoms with Crippen molar-refractivity contribution in [2.24, 2.45) is 0 Å². The largest absolute Gasteiger partial charge is 0.485 e. The maximum atomic E-state index is 5.89. The molecule has 0 N–H and O–H groups in total. The number of para-hydroxylation sites is 1. The Morgan fingerprint density at radius 3 is 2.44 bits per heavy atom. The molecule has 0 aliphatic heterocycles.